The summed E-state index contributed by atoms with van der Waals surface area (Å²) in [4.78, 5) is 0. The third-order valence-corrected chi connectivity index (χ3v) is 3.22. The molecule has 0 N–H and O–H groups in total. The summed E-state index contributed by atoms with van der Waals surface area (Å²) in [5.41, 5.74) is 5.81. The van der Waals surface area contributed by atoms with Gasteiger partial charge in [0.25, 0.3) is 0 Å². The Balaban J connectivity index is 2.59. The summed E-state index contributed by atoms with van der Waals surface area (Å²) < 4.78 is 1.11. The van der Waals surface area contributed by atoms with Gasteiger partial charge in [-0.25, -0.2) is 0 Å². The first-order valence-corrected chi connectivity index (χ1v) is 6.00. The molecule has 2 radical (unpaired) electrons. The molecule has 0 fully saturated rings. The topological polar surface area (TPSA) is 0 Å². The van der Waals surface area contributed by atoms with Gasteiger partial charge in [-0.2, -0.15) is 0 Å². The smallest absolute Gasteiger partial charge is 0.0964 e. The third-order valence-electron chi connectivity index (χ3n) is 2.73. The average molecular weight is 271 g/mol. The lowest BCUT2D eigenvalue weighted by Crippen LogP contribution is -2.02. The minimum atomic E-state index is 0.816. The first-order chi connectivity index (χ1) is 7.58. The van der Waals surface area contributed by atoms with Gasteiger partial charge in [0.15, 0.2) is 0 Å². The van der Waals surface area contributed by atoms with Crippen LogP contribution >= 0.6 is 15.9 Å². The van der Waals surface area contributed by atoms with Crippen molar-refractivity contribution in [2.24, 2.45) is 0 Å². The Morgan fingerprint density at radius 1 is 0.875 bits per heavy atom. The summed E-state index contributed by atoms with van der Waals surface area (Å²) >= 11 is 3.48. The molecule has 0 saturated carbocycles. The predicted octanol–water partition coefficient (Wildman–Crippen LogP) is 3.53. The van der Waals surface area contributed by atoms with Gasteiger partial charge < -0.3 is 0 Å². The molecule has 2 rings (SSSR count). The molecule has 0 unspecified atom stereocenters. The van der Waals surface area contributed by atoms with Crippen LogP contribution in [0.5, 0.6) is 0 Å². The molecule has 2 heteroatoms. The number of hydrogen-bond acceptors (Lipinski definition) is 0. The Morgan fingerprint density at radius 2 is 1.44 bits per heavy atom. The van der Waals surface area contributed by atoms with Crippen molar-refractivity contribution in [1.29, 1.82) is 0 Å². The molecule has 0 aromatic heterocycles. The van der Waals surface area contributed by atoms with Crippen LogP contribution in [0.25, 0.3) is 11.1 Å². The van der Waals surface area contributed by atoms with Crippen molar-refractivity contribution in [3.05, 3.63) is 52.0 Å². The van der Waals surface area contributed by atoms with Gasteiger partial charge in [0.1, 0.15) is 7.85 Å². The molecule has 0 amide bonds. The van der Waals surface area contributed by atoms with Crippen molar-refractivity contribution < 1.29 is 0 Å². The van der Waals surface area contributed by atoms with Crippen LogP contribution in [0.15, 0.2) is 40.9 Å². The van der Waals surface area contributed by atoms with Crippen LogP contribution in [-0.4, -0.2) is 7.85 Å². The van der Waals surface area contributed by atoms with E-state index in [9.17, 15) is 0 Å². The quantitative estimate of drug-likeness (QED) is 0.696. The molecule has 16 heavy (non-hydrogen) atoms. The lowest BCUT2D eigenvalue weighted by atomic mass is 9.89. The Morgan fingerprint density at radius 3 is 2.00 bits per heavy atom. The van der Waals surface area contributed by atoms with Gasteiger partial charge in [-0.1, -0.05) is 45.7 Å². The van der Waals surface area contributed by atoms with Gasteiger partial charge in [0.05, 0.1) is 0 Å². The van der Waals surface area contributed by atoms with Crippen LogP contribution in [0.4, 0.5) is 0 Å². The van der Waals surface area contributed by atoms with E-state index < -0.39 is 0 Å². The second-order valence-corrected chi connectivity index (χ2v) is 4.95. The highest BCUT2D eigenvalue weighted by molar-refractivity contribution is 9.10. The normalized spacial score (nSPS) is 10.4. The molecule has 0 saturated heterocycles. The van der Waals surface area contributed by atoms with Gasteiger partial charge in [-0.3, -0.25) is 0 Å². The van der Waals surface area contributed by atoms with Crippen molar-refractivity contribution in [2.75, 3.05) is 0 Å². The van der Waals surface area contributed by atoms with Crippen LogP contribution in [0.3, 0.4) is 0 Å². The zero-order valence-corrected chi connectivity index (χ0v) is 11.0. The minimum Gasteiger partial charge on any atom is -0.0964 e. The maximum absolute atomic E-state index is 5.76. The maximum atomic E-state index is 5.76. The molecule has 2 aromatic rings. The molecule has 0 atom stereocenters. The summed E-state index contributed by atoms with van der Waals surface area (Å²) in [6.45, 7) is 4.21. The molecule has 0 aliphatic rings. The highest BCUT2D eigenvalue weighted by Crippen LogP contribution is 2.27. The van der Waals surface area contributed by atoms with Gasteiger partial charge >= 0.3 is 0 Å². The zero-order chi connectivity index (χ0) is 11.7. The maximum Gasteiger partial charge on any atom is 0.113 e. The largest absolute Gasteiger partial charge is 0.113 e. The monoisotopic (exact) mass is 270 g/mol. The first-order valence-electron chi connectivity index (χ1n) is 5.20. The lowest BCUT2D eigenvalue weighted by molar-refractivity contribution is 1.40. The number of aryl methyl sites for hydroxylation is 2. The van der Waals surface area contributed by atoms with E-state index in [0.29, 0.717) is 0 Å². The van der Waals surface area contributed by atoms with Crippen molar-refractivity contribution >= 4 is 29.2 Å². The van der Waals surface area contributed by atoms with E-state index in [0.717, 1.165) is 9.94 Å². The van der Waals surface area contributed by atoms with Crippen LogP contribution in [0.2, 0.25) is 0 Å². The Kier molecular flexibility index (Phi) is 3.20. The van der Waals surface area contributed by atoms with Crippen LogP contribution < -0.4 is 5.46 Å². The van der Waals surface area contributed by atoms with E-state index in [4.69, 9.17) is 7.85 Å². The fourth-order valence-electron chi connectivity index (χ4n) is 1.92. The molecule has 2 aromatic carbocycles. The van der Waals surface area contributed by atoms with E-state index in [2.05, 4.69) is 54.0 Å². The number of hydrogen-bond donors (Lipinski definition) is 0. The molecule has 0 aliphatic carbocycles. The highest BCUT2D eigenvalue weighted by atomic mass is 79.9. The SMILES string of the molecule is [B]c1ccc(-c2ccc(Br)cc2C)c(C)c1. The first kappa shape index (κ1) is 11.5. The lowest BCUT2D eigenvalue weighted by Gasteiger charge is -2.10. The molecule has 0 bridgehead atoms. The predicted molar refractivity (Wildman–Crippen MR) is 74.4 cm³/mol. The number of benzene rings is 2. The highest BCUT2D eigenvalue weighted by Gasteiger charge is 2.05. The second kappa shape index (κ2) is 4.46. The minimum absolute atomic E-state index is 0.816. The van der Waals surface area contributed by atoms with Gasteiger partial charge in [-0.05, 0) is 48.2 Å². The zero-order valence-electron chi connectivity index (χ0n) is 9.42. The van der Waals surface area contributed by atoms with E-state index in [1.165, 1.54) is 22.3 Å². The molecule has 0 heterocycles. The van der Waals surface area contributed by atoms with Gasteiger partial charge in [-0.15, -0.1) is 0 Å². The van der Waals surface area contributed by atoms with Crippen molar-refractivity contribution in [1.82, 2.24) is 0 Å². The fourth-order valence-corrected chi connectivity index (χ4v) is 2.39. The van der Waals surface area contributed by atoms with E-state index in [-0.39, 0.29) is 0 Å². The Bertz CT molecular complexity index is 483. The van der Waals surface area contributed by atoms with E-state index in [1.54, 1.807) is 0 Å². The van der Waals surface area contributed by atoms with Gasteiger partial charge in [0.2, 0.25) is 0 Å². The molecular weight excluding hydrogens is 259 g/mol. The number of rotatable bonds is 1. The summed E-state index contributed by atoms with van der Waals surface area (Å²) in [5.74, 6) is 0. The van der Waals surface area contributed by atoms with Crippen LogP contribution in [0, 0.1) is 13.8 Å². The molecule has 0 nitrogen and oxygen atoms in total. The average Bonchev–Trinajstić information content (AvgIpc) is 2.19. The molecular formula is C14H12BBr. The fraction of sp³-hybridized carbons (Fsp3) is 0.143. The summed E-state index contributed by atoms with van der Waals surface area (Å²) in [6, 6.07) is 12.4. The summed E-state index contributed by atoms with van der Waals surface area (Å²) in [7, 11) is 5.76. The van der Waals surface area contributed by atoms with Crippen molar-refractivity contribution in [3.63, 3.8) is 0 Å². The molecule has 78 valence electrons. The summed E-state index contributed by atoms with van der Waals surface area (Å²) in [6.07, 6.45) is 0. The molecule has 0 aliphatic heterocycles. The Labute approximate surface area is 106 Å². The standard InChI is InChI=1S/C14H12BBr/c1-9-7-11(15)3-5-13(9)14-6-4-12(16)8-10(14)2/h3-8H,1-2H3. The van der Waals surface area contributed by atoms with E-state index >= 15 is 0 Å². The molecule has 0 spiro atoms. The van der Waals surface area contributed by atoms with E-state index in [1.807, 2.05) is 12.1 Å². The summed E-state index contributed by atoms with van der Waals surface area (Å²) in [5, 5.41) is 0. The Hall–Kier alpha value is -1.02. The second-order valence-electron chi connectivity index (χ2n) is 4.03. The van der Waals surface area contributed by atoms with Gasteiger partial charge in [0, 0.05) is 4.47 Å². The van der Waals surface area contributed by atoms with Crippen LogP contribution in [0.1, 0.15) is 11.1 Å². The van der Waals surface area contributed by atoms with Crippen molar-refractivity contribution in [2.45, 2.75) is 13.8 Å². The van der Waals surface area contributed by atoms with Crippen molar-refractivity contribution in [3.8, 4) is 11.1 Å². The third kappa shape index (κ3) is 2.22. The van der Waals surface area contributed by atoms with Crippen LogP contribution in [-0.2, 0) is 0 Å². The number of halogens is 1.